The van der Waals surface area contributed by atoms with Gasteiger partial charge >= 0.3 is 0 Å². The van der Waals surface area contributed by atoms with Crippen LogP contribution in [0.3, 0.4) is 0 Å². The van der Waals surface area contributed by atoms with Crippen LogP contribution in [-0.2, 0) is 0 Å². The van der Waals surface area contributed by atoms with Crippen molar-refractivity contribution in [2.24, 2.45) is 5.73 Å². The van der Waals surface area contributed by atoms with Crippen LogP contribution in [0.4, 0.5) is 0 Å². The standard InChI is InChI=1S/C12H19ClN2/c1-10(15(2)9-5-8-14)11-6-3-4-7-12(11)13/h3-4,6-7,10H,5,8-9,14H2,1-2H3. The van der Waals surface area contributed by atoms with E-state index in [4.69, 9.17) is 17.3 Å². The van der Waals surface area contributed by atoms with Crippen LogP contribution >= 0.6 is 11.6 Å². The van der Waals surface area contributed by atoms with Crippen molar-refractivity contribution in [3.8, 4) is 0 Å². The zero-order chi connectivity index (χ0) is 11.3. The highest BCUT2D eigenvalue weighted by atomic mass is 35.5. The van der Waals surface area contributed by atoms with Crippen molar-refractivity contribution >= 4 is 11.6 Å². The Kier molecular flexibility index (Phi) is 5.09. The molecule has 0 aliphatic heterocycles. The molecular weight excluding hydrogens is 208 g/mol. The van der Waals surface area contributed by atoms with Crippen LogP contribution in [0.2, 0.25) is 5.02 Å². The van der Waals surface area contributed by atoms with E-state index in [1.165, 1.54) is 5.56 Å². The minimum Gasteiger partial charge on any atom is -0.330 e. The summed E-state index contributed by atoms with van der Waals surface area (Å²) in [5.41, 5.74) is 6.67. The van der Waals surface area contributed by atoms with Gasteiger partial charge in [-0.05, 0) is 45.1 Å². The Morgan fingerprint density at radius 3 is 2.67 bits per heavy atom. The van der Waals surface area contributed by atoms with Gasteiger partial charge in [-0.15, -0.1) is 0 Å². The summed E-state index contributed by atoms with van der Waals surface area (Å²) >= 11 is 6.15. The molecule has 2 nitrogen and oxygen atoms in total. The fourth-order valence-corrected chi connectivity index (χ4v) is 1.88. The third kappa shape index (κ3) is 3.49. The molecule has 1 aromatic carbocycles. The maximum absolute atomic E-state index is 6.15. The average molecular weight is 227 g/mol. The number of nitrogens with zero attached hydrogens (tertiary/aromatic N) is 1. The van der Waals surface area contributed by atoms with Crippen molar-refractivity contribution in [1.82, 2.24) is 4.90 Å². The van der Waals surface area contributed by atoms with E-state index >= 15 is 0 Å². The fourth-order valence-electron chi connectivity index (χ4n) is 1.59. The van der Waals surface area contributed by atoms with Gasteiger partial charge in [0.1, 0.15) is 0 Å². The maximum Gasteiger partial charge on any atom is 0.0453 e. The summed E-state index contributed by atoms with van der Waals surface area (Å²) in [6.07, 6.45) is 1.02. The van der Waals surface area contributed by atoms with E-state index in [0.717, 1.165) is 24.5 Å². The molecule has 0 aliphatic rings. The van der Waals surface area contributed by atoms with Crippen LogP contribution in [-0.4, -0.2) is 25.0 Å². The van der Waals surface area contributed by atoms with Gasteiger partial charge in [-0.1, -0.05) is 29.8 Å². The van der Waals surface area contributed by atoms with Crippen LogP contribution in [0.1, 0.15) is 24.9 Å². The molecule has 15 heavy (non-hydrogen) atoms. The predicted octanol–water partition coefficient (Wildman–Crippen LogP) is 2.68. The van der Waals surface area contributed by atoms with Crippen LogP contribution in [0.5, 0.6) is 0 Å². The van der Waals surface area contributed by atoms with Crippen molar-refractivity contribution in [2.45, 2.75) is 19.4 Å². The minimum atomic E-state index is 0.338. The first-order chi connectivity index (χ1) is 7.16. The third-order valence-corrected chi connectivity index (χ3v) is 3.08. The number of hydrogen-bond acceptors (Lipinski definition) is 2. The second kappa shape index (κ2) is 6.11. The number of nitrogens with two attached hydrogens (primary N) is 1. The summed E-state index contributed by atoms with van der Waals surface area (Å²) in [4.78, 5) is 2.27. The number of halogens is 1. The Morgan fingerprint density at radius 2 is 2.07 bits per heavy atom. The number of benzene rings is 1. The number of rotatable bonds is 5. The average Bonchev–Trinajstić information content (AvgIpc) is 2.25. The van der Waals surface area contributed by atoms with Gasteiger partial charge in [-0.2, -0.15) is 0 Å². The molecule has 1 unspecified atom stereocenters. The number of hydrogen-bond donors (Lipinski definition) is 1. The van der Waals surface area contributed by atoms with E-state index in [-0.39, 0.29) is 0 Å². The van der Waals surface area contributed by atoms with Crippen molar-refractivity contribution in [3.63, 3.8) is 0 Å². The molecule has 1 aromatic rings. The van der Waals surface area contributed by atoms with Gasteiger partial charge in [0.05, 0.1) is 0 Å². The summed E-state index contributed by atoms with van der Waals surface area (Å²) < 4.78 is 0. The molecule has 0 radical (unpaired) electrons. The van der Waals surface area contributed by atoms with E-state index in [1.807, 2.05) is 18.2 Å². The molecule has 0 amide bonds. The van der Waals surface area contributed by atoms with Crippen molar-refractivity contribution < 1.29 is 0 Å². The molecule has 1 rings (SSSR count). The van der Waals surface area contributed by atoms with Crippen LogP contribution < -0.4 is 5.73 Å². The largest absolute Gasteiger partial charge is 0.330 e. The van der Waals surface area contributed by atoms with Crippen LogP contribution in [0.15, 0.2) is 24.3 Å². The van der Waals surface area contributed by atoms with Gasteiger partial charge in [0, 0.05) is 11.1 Å². The van der Waals surface area contributed by atoms with E-state index in [2.05, 4.69) is 24.9 Å². The molecule has 0 aliphatic carbocycles. The lowest BCUT2D eigenvalue weighted by Crippen LogP contribution is -2.25. The summed E-state index contributed by atoms with van der Waals surface area (Å²) in [5, 5.41) is 0.838. The van der Waals surface area contributed by atoms with Crippen molar-refractivity contribution in [1.29, 1.82) is 0 Å². The summed E-state index contributed by atoms with van der Waals surface area (Å²) in [7, 11) is 2.10. The van der Waals surface area contributed by atoms with Crippen LogP contribution in [0.25, 0.3) is 0 Å². The molecule has 1 atom stereocenters. The highest BCUT2D eigenvalue weighted by Gasteiger charge is 2.13. The smallest absolute Gasteiger partial charge is 0.0453 e. The van der Waals surface area contributed by atoms with Gasteiger partial charge in [0.15, 0.2) is 0 Å². The lowest BCUT2D eigenvalue weighted by molar-refractivity contribution is 0.260. The first-order valence-electron chi connectivity index (χ1n) is 5.31. The molecule has 3 heteroatoms. The Morgan fingerprint density at radius 1 is 1.40 bits per heavy atom. The molecule has 0 bridgehead atoms. The minimum absolute atomic E-state index is 0.338. The van der Waals surface area contributed by atoms with Gasteiger partial charge < -0.3 is 5.73 Å². The molecule has 0 heterocycles. The first-order valence-corrected chi connectivity index (χ1v) is 5.69. The highest BCUT2D eigenvalue weighted by molar-refractivity contribution is 6.31. The summed E-state index contributed by atoms with van der Waals surface area (Å²) in [6.45, 7) is 3.90. The molecular formula is C12H19ClN2. The van der Waals surface area contributed by atoms with E-state index in [1.54, 1.807) is 0 Å². The quantitative estimate of drug-likeness (QED) is 0.837. The molecule has 0 saturated heterocycles. The second-order valence-corrected chi connectivity index (χ2v) is 4.23. The Bertz CT molecular complexity index is 301. The van der Waals surface area contributed by atoms with E-state index < -0.39 is 0 Å². The Labute approximate surface area is 97.0 Å². The molecule has 2 N–H and O–H groups in total. The zero-order valence-corrected chi connectivity index (χ0v) is 10.2. The second-order valence-electron chi connectivity index (χ2n) is 3.82. The third-order valence-electron chi connectivity index (χ3n) is 2.73. The lowest BCUT2D eigenvalue weighted by atomic mass is 10.1. The molecule has 0 spiro atoms. The topological polar surface area (TPSA) is 29.3 Å². The van der Waals surface area contributed by atoms with Gasteiger partial charge in [0.25, 0.3) is 0 Å². The highest BCUT2D eigenvalue weighted by Crippen LogP contribution is 2.25. The zero-order valence-electron chi connectivity index (χ0n) is 9.41. The SMILES string of the molecule is CC(c1ccccc1Cl)N(C)CCCN. The molecule has 84 valence electrons. The molecule has 0 aromatic heterocycles. The van der Waals surface area contributed by atoms with Gasteiger partial charge in [0.2, 0.25) is 0 Å². The van der Waals surface area contributed by atoms with Crippen LogP contribution in [0, 0.1) is 0 Å². The first kappa shape index (κ1) is 12.5. The normalized spacial score (nSPS) is 13.1. The Balaban J connectivity index is 2.67. The Hall–Kier alpha value is -0.570. The van der Waals surface area contributed by atoms with Gasteiger partial charge in [-0.3, -0.25) is 4.90 Å². The molecule has 0 saturated carbocycles. The lowest BCUT2D eigenvalue weighted by Gasteiger charge is -2.25. The van der Waals surface area contributed by atoms with E-state index in [9.17, 15) is 0 Å². The summed E-state index contributed by atoms with van der Waals surface area (Å²) in [6, 6.07) is 8.33. The fraction of sp³-hybridized carbons (Fsp3) is 0.500. The maximum atomic E-state index is 6.15. The van der Waals surface area contributed by atoms with Gasteiger partial charge in [-0.25, -0.2) is 0 Å². The summed E-state index contributed by atoms with van der Waals surface area (Å²) in [5.74, 6) is 0. The van der Waals surface area contributed by atoms with E-state index in [0.29, 0.717) is 6.04 Å². The predicted molar refractivity (Wildman–Crippen MR) is 66.2 cm³/mol. The monoisotopic (exact) mass is 226 g/mol. The molecule has 0 fully saturated rings. The van der Waals surface area contributed by atoms with Crippen molar-refractivity contribution in [3.05, 3.63) is 34.9 Å². The van der Waals surface area contributed by atoms with Crippen molar-refractivity contribution in [2.75, 3.05) is 20.1 Å².